The third-order valence-corrected chi connectivity index (χ3v) is 4.44. The second kappa shape index (κ2) is 7.04. The van der Waals surface area contributed by atoms with E-state index < -0.39 is 9.84 Å². The minimum Gasteiger partial charge on any atom is -0.381 e. The topological polar surface area (TPSA) is 72.5 Å². The first kappa shape index (κ1) is 16.0. The number of rotatable bonds is 8. The molecule has 21 heavy (non-hydrogen) atoms. The molecule has 1 saturated carbocycles. The molecular weight excluding hydrogens is 290 g/mol. The Morgan fingerprint density at radius 3 is 2.81 bits per heavy atom. The van der Waals surface area contributed by atoms with Gasteiger partial charge in [-0.1, -0.05) is 6.07 Å². The number of amides is 1. The van der Waals surface area contributed by atoms with Crippen LogP contribution in [-0.4, -0.2) is 40.3 Å². The molecule has 1 aliphatic carbocycles. The van der Waals surface area contributed by atoms with Crippen LogP contribution in [0.15, 0.2) is 29.2 Å². The summed E-state index contributed by atoms with van der Waals surface area (Å²) in [4.78, 5) is 12.1. The second-order valence-electron chi connectivity index (χ2n) is 5.43. The molecule has 1 N–H and O–H groups in total. The van der Waals surface area contributed by atoms with Crippen LogP contribution in [0.3, 0.4) is 0 Å². The van der Waals surface area contributed by atoms with Gasteiger partial charge in [-0.05, 0) is 43.4 Å². The highest BCUT2D eigenvalue weighted by Gasteiger charge is 2.20. The molecule has 0 bridgehead atoms. The minimum atomic E-state index is -3.29. The number of ether oxygens (including phenoxy) is 1. The van der Waals surface area contributed by atoms with Crippen LogP contribution in [0.4, 0.5) is 0 Å². The molecule has 1 aromatic carbocycles. The first-order chi connectivity index (χ1) is 9.97. The molecule has 1 aliphatic rings. The number of benzene rings is 1. The van der Waals surface area contributed by atoms with Crippen molar-refractivity contribution in [1.29, 1.82) is 0 Å². The predicted octanol–water partition coefficient (Wildman–Crippen LogP) is 1.64. The lowest BCUT2D eigenvalue weighted by atomic mass is 10.2. The second-order valence-corrected chi connectivity index (χ2v) is 7.44. The van der Waals surface area contributed by atoms with E-state index in [1.807, 2.05) is 0 Å². The van der Waals surface area contributed by atoms with Crippen LogP contribution < -0.4 is 5.32 Å². The van der Waals surface area contributed by atoms with Crippen molar-refractivity contribution in [3.05, 3.63) is 29.8 Å². The highest BCUT2D eigenvalue weighted by atomic mass is 32.2. The fourth-order valence-corrected chi connectivity index (χ4v) is 2.55. The summed E-state index contributed by atoms with van der Waals surface area (Å²) in [7, 11) is -3.29. The van der Waals surface area contributed by atoms with Crippen LogP contribution in [0.2, 0.25) is 0 Å². The van der Waals surface area contributed by atoms with Gasteiger partial charge in [0, 0.05) is 31.6 Å². The van der Waals surface area contributed by atoms with Crippen molar-refractivity contribution < 1.29 is 17.9 Å². The summed E-state index contributed by atoms with van der Waals surface area (Å²) in [5.74, 6) is 0.487. The Labute approximate surface area is 125 Å². The zero-order chi connectivity index (χ0) is 15.3. The van der Waals surface area contributed by atoms with Crippen molar-refractivity contribution in [1.82, 2.24) is 5.32 Å². The average Bonchev–Trinajstić information content (AvgIpc) is 3.26. The van der Waals surface area contributed by atoms with Crippen molar-refractivity contribution in [2.45, 2.75) is 24.2 Å². The third kappa shape index (κ3) is 5.47. The highest BCUT2D eigenvalue weighted by molar-refractivity contribution is 7.90. The van der Waals surface area contributed by atoms with E-state index in [1.165, 1.54) is 25.0 Å². The summed E-state index contributed by atoms with van der Waals surface area (Å²) in [5.41, 5.74) is 0.358. The molecule has 0 spiro atoms. The normalized spacial score (nSPS) is 14.9. The van der Waals surface area contributed by atoms with Crippen LogP contribution in [0.5, 0.6) is 0 Å². The molecule has 0 aromatic heterocycles. The number of hydrogen-bond acceptors (Lipinski definition) is 4. The van der Waals surface area contributed by atoms with Crippen LogP contribution in [0, 0.1) is 5.92 Å². The van der Waals surface area contributed by atoms with E-state index in [4.69, 9.17) is 4.74 Å². The fourth-order valence-electron chi connectivity index (χ4n) is 1.88. The number of carbonyl (C=O) groups is 1. The Balaban J connectivity index is 1.74. The molecule has 1 fully saturated rings. The third-order valence-electron chi connectivity index (χ3n) is 3.33. The van der Waals surface area contributed by atoms with E-state index in [0.29, 0.717) is 18.7 Å². The van der Waals surface area contributed by atoms with E-state index in [0.717, 1.165) is 25.2 Å². The van der Waals surface area contributed by atoms with Crippen molar-refractivity contribution in [2.75, 3.05) is 26.0 Å². The van der Waals surface area contributed by atoms with E-state index in [1.54, 1.807) is 12.1 Å². The maximum Gasteiger partial charge on any atom is 0.251 e. The zero-order valence-electron chi connectivity index (χ0n) is 12.2. The lowest BCUT2D eigenvalue weighted by molar-refractivity contribution is 0.0937. The molecule has 0 aliphatic heterocycles. The lowest BCUT2D eigenvalue weighted by Crippen LogP contribution is -2.25. The van der Waals surface area contributed by atoms with Gasteiger partial charge in [-0.15, -0.1) is 0 Å². The quantitative estimate of drug-likeness (QED) is 0.741. The first-order valence-corrected chi connectivity index (χ1v) is 9.02. The van der Waals surface area contributed by atoms with E-state index in [2.05, 4.69) is 5.32 Å². The Morgan fingerprint density at radius 1 is 1.38 bits per heavy atom. The van der Waals surface area contributed by atoms with Gasteiger partial charge in [0.1, 0.15) is 0 Å². The molecule has 0 atom stereocenters. The largest absolute Gasteiger partial charge is 0.381 e. The highest BCUT2D eigenvalue weighted by Crippen LogP contribution is 2.28. The zero-order valence-corrected chi connectivity index (χ0v) is 13.0. The van der Waals surface area contributed by atoms with Crippen LogP contribution >= 0.6 is 0 Å². The number of carbonyl (C=O) groups excluding carboxylic acids is 1. The molecule has 116 valence electrons. The Hall–Kier alpha value is -1.40. The molecule has 0 saturated heterocycles. The van der Waals surface area contributed by atoms with Crippen molar-refractivity contribution in [3.8, 4) is 0 Å². The molecule has 1 amide bonds. The molecule has 0 radical (unpaired) electrons. The van der Waals surface area contributed by atoms with Gasteiger partial charge in [0.25, 0.3) is 5.91 Å². The standard InChI is InChI=1S/C15H21NO4S/c1-21(18,19)14-5-2-4-13(10-14)15(17)16-8-3-9-20-11-12-6-7-12/h2,4-5,10,12H,3,6-9,11H2,1H3,(H,16,17). The number of hydrogen-bond donors (Lipinski definition) is 1. The van der Waals surface area contributed by atoms with Gasteiger partial charge in [-0.3, -0.25) is 4.79 Å². The van der Waals surface area contributed by atoms with Gasteiger partial charge in [0.2, 0.25) is 0 Å². The number of nitrogens with one attached hydrogen (secondary N) is 1. The average molecular weight is 311 g/mol. The summed E-state index contributed by atoms with van der Waals surface area (Å²) in [6.07, 6.45) is 4.42. The van der Waals surface area contributed by atoms with Gasteiger partial charge >= 0.3 is 0 Å². The summed E-state index contributed by atoms with van der Waals surface area (Å²) in [5, 5.41) is 2.77. The molecule has 5 nitrogen and oxygen atoms in total. The van der Waals surface area contributed by atoms with Crippen molar-refractivity contribution in [3.63, 3.8) is 0 Å². The van der Waals surface area contributed by atoms with Gasteiger partial charge in [-0.2, -0.15) is 0 Å². The Bertz CT molecular complexity index is 593. The summed E-state index contributed by atoms with van der Waals surface area (Å²) in [6.45, 7) is 1.98. The van der Waals surface area contributed by atoms with Gasteiger partial charge < -0.3 is 10.1 Å². The van der Waals surface area contributed by atoms with Gasteiger partial charge in [-0.25, -0.2) is 8.42 Å². The monoisotopic (exact) mass is 311 g/mol. The van der Waals surface area contributed by atoms with Crippen LogP contribution in [-0.2, 0) is 14.6 Å². The molecule has 0 unspecified atom stereocenters. The van der Waals surface area contributed by atoms with E-state index in [-0.39, 0.29) is 10.8 Å². The first-order valence-electron chi connectivity index (χ1n) is 7.13. The molecular formula is C15H21NO4S. The fraction of sp³-hybridized carbons (Fsp3) is 0.533. The minimum absolute atomic E-state index is 0.155. The molecule has 2 rings (SSSR count). The van der Waals surface area contributed by atoms with Crippen LogP contribution in [0.25, 0.3) is 0 Å². The smallest absolute Gasteiger partial charge is 0.251 e. The van der Waals surface area contributed by atoms with E-state index >= 15 is 0 Å². The molecule has 6 heteroatoms. The van der Waals surface area contributed by atoms with Crippen LogP contribution in [0.1, 0.15) is 29.6 Å². The van der Waals surface area contributed by atoms with Crippen molar-refractivity contribution >= 4 is 15.7 Å². The Kier molecular flexibility index (Phi) is 5.36. The van der Waals surface area contributed by atoms with Gasteiger partial charge in [0.15, 0.2) is 9.84 Å². The van der Waals surface area contributed by atoms with Crippen molar-refractivity contribution in [2.24, 2.45) is 5.92 Å². The number of sulfone groups is 1. The SMILES string of the molecule is CS(=O)(=O)c1cccc(C(=O)NCCCOCC2CC2)c1. The molecule has 0 heterocycles. The molecule has 1 aromatic rings. The van der Waals surface area contributed by atoms with Gasteiger partial charge in [0.05, 0.1) is 4.90 Å². The van der Waals surface area contributed by atoms with E-state index in [9.17, 15) is 13.2 Å². The summed E-state index contributed by atoms with van der Waals surface area (Å²) in [6, 6.07) is 6.06. The Morgan fingerprint density at radius 2 is 2.14 bits per heavy atom. The summed E-state index contributed by atoms with van der Waals surface area (Å²) < 4.78 is 28.4. The summed E-state index contributed by atoms with van der Waals surface area (Å²) >= 11 is 0. The predicted molar refractivity (Wildman–Crippen MR) is 80.0 cm³/mol. The maximum atomic E-state index is 11.9. The lowest BCUT2D eigenvalue weighted by Gasteiger charge is -2.07. The maximum absolute atomic E-state index is 11.9.